The van der Waals surface area contributed by atoms with Gasteiger partial charge in [0.15, 0.2) is 11.6 Å². The number of benzene rings is 1. The molecule has 0 aliphatic rings. The summed E-state index contributed by atoms with van der Waals surface area (Å²) in [7, 11) is 0. The first-order valence-electron chi connectivity index (χ1n) is 7.34. The maximum absolute atomic E-state index is 14.1. The van der Waals surface area contributed by atoms with Crippen molar-refractivity contribution in [1.29, 1.82) is 0 Å². The average molecular weight is 351 g/mol. The van der Waals surface area contributed by atoms with Crippen LogP contribution in [0.25, 0.3) is 5.82 Å². The lowest BCUT2D eigenvalue weighted by molar-refractivity contribution is -0.137. The van der Waals surface area contributed by atoms with Gasteiger partial charge in [0.05, 0.1) is 5.56 Å². The Kier molecular flexibility index (Phi) is 4.23. The second kappa shape index (κ2) is 6.23. The van der Waals surface area contributed by atoms with Crippen molar-refractivity contribution >= 4 is 0 Å². The third kappa shape index (κ3) is 3.49. The Hall–Kier alpha value is -2.84. The van der Waals surface area contributed by atoms with Gasteiger partial charge in [0.1, 0.15) is 18.0 Å². The second-order valence-corrected chi connectivity index (χ2v) is 5.47. The fraction of sp³-hybridized carbons (Fsp3) is 0.250. The van der Waals surface area contributed by atoms with Gasteiger partial charge in [-0.1, -0.05) is 13.0 Å². The predicted molar refractivity (Wildman–Crippen MR) is 80.6 cm³/mol. The van der Waals surface area contributed by atoms with Gasteiger partial charge in [-0.3, -0.25) is 0 Å². The maximum atomic E-state index is 14.1. The summed E-state index contributed by atoms with van der Waals surface area (Å²) in [6.07, 6.45) is -1.61. The number of halogens is 4. The number of hydrogen-bond acceptors (Lipinski definition) is 4. The molecular weight excluding hydrogens is 338 g/mol. The van der Waals surface area contributed by atoms with Crippen molar-refractivity contribution in [1.82, 2.24) is 24.7 Å². The number of hydrogen-bond donors (Lipinski definition) is 0. The Balaban J connectivity index is 1.90. The fourth-order valence-corrected chi connectivity index (χ4v) is 2.35. The summed E-state index contributed by atoms with van der Waals surface area (Å²) in [6.45, 7) is 3.35. The molecule has 130 valence electrons. The highest BCUT2D eigenvalue weighted by Crippen LogP contribution is 2.32. The first-order valence-corrected chi connectivity index (χ1v) is 7.34. The van der Waals surface area contributed by atoms with Crippen LogP contribution in [-0.4, -0.2) is 24.7 Å². The molecule has 0 unspecified atom stereocenters. The van der Waals surface area contributed by atoms with Crippen molar-refractivity contribution in [2.45, 2.75) is 25.9 Å². The summed E-state index contributed by atoms with van der Waals surface area (Å²) >= 11 is 0. The molecule has 0 radical (unpaired) electrons. The summed E-state index contributed by atoms with van der Waals surface area (Å²) < 4.78 is 53.4. The Morgan fingerprint density at radius 2 is 1.88 bits per heavy atom. The lowest BCUT2D eigenvalue weighted by Gasteiger charge is -2.12. The van der Waals surface area contributed by atoms with Gasteiger partial charge < -0.3 is 0 Å². The van der Waals surface area contributed by atoms with Crippen LogP contribution in [0.3, 0.4) is 0 Å². The van der Waals surface area contributed by atoms with Gasteiger partial charge in [-0.15, -0.1) is 5.10 Å². The van der Waals surface area contributed by atoms with Crippen molar-refractivity contribution in [3.05, 3.63) is 65.4 Å². The lowest BCUT2D eigenvalue weighted by atomic mass is 9.98. The van der Waals surface area contributed by atoms with Gasteiger partial charge in [-0.25, -0.2) is 24.0 Å². The monoisotopic (exact) mass is 351 g/mol. The van der Waals surface area contributed by atoms with Crippen LogP contribution in [0.15, 0.2) is 36.8 Å². The van der Waals surface area contributed by atoms with Crippen molar-refractivity contribution in [2.24, 2.45) is 0 Å². The molecule has 5 nitrogen and oxygen atoms in total. The molecule has 0 amide bonds. The third-order valence-corrected chi connectivity index (χ3v) is 3.69. The second-order valence-electron chi connectivity index (χ2n) is 5.47. The SMILES string of the molecule is Cc1nccc(-n2cnc([C@H](C)c3ccc(C(F)(F)F)cc3F)n2)n1. The molecule has 3 aromatic rings. The first kappa shape index (κ1) is 17.0. The van der Waals surface area contributed by atoms with Gasteiger partial charge >= 0.3 is 6.18 Å². The minimum atomic E-state index is -4.59. The van der Waals surface area contributed by atoms with Crippen molar-refractivity contribution in [3.63, 3.8) is 0 Å². The molecule has 0 fully saturated rings. The lowest BCUT2D eigenvalue weighted by Crippen LogP contribution is -2.08. The summed E-state index contributed by atoms with van der Waals surface area (Å²) in [5.41, 5.74) is -0.944. The number of alkyl halides is 3. The minimum absolute atomic E-state index is 0.0876. The molecule has 2 heterocycles. The van der Waals surface area contributed by atoms with Gasteiger partial charge in [-0.05, 0) is 24.6 Å². The molecule has 0 N–H and O–H groups in total. The zero-order chi connectivity index (χ0) is 18.2. The van der Waals surface area contributed by atoms with E-state index in [2.05, 4.69) is 20.1 Å². The molecule has 2 aromatic heterocycles. The molecule has 0 saturated heterocycles. The van der Waals surface area contributed by atoms with Gasteiger partial charge in [-0.2, -0.15) is 13.2 Å². The predicted octanol–water partition coefficient (Wildman–Crippen LogP) is 3.68. The third-order valence-electron chi connectivity index (χ3n) is 3.69. The van der Waals surface area contributed by atoms with Crippen LogP contribution in [0.2, 0.25) is 0 Å². The average Bonchev–Trinajstić information content (AvgIpc) is 3.03. The molecule has 0 aliphatic heterocycles. The van der Waals surface area contributed by atoms with Crippen LogP contribution in [0, 0.1) is 12.7 Å². The zero-order valence-electron chi connectivity index (χ0n) is 13.3. The molecule has 1 aromatic carbocycles. The van der Waals surface area contributed by atoms with Crippen LogP contribution in [0.4, 0.5) is 17.6 Å². The van der Waals surface area contributed by atoms with E-state index in [0.29, 0.717) is 17.7 Å². The largest absolute Gasteiger partial charge is 0.416 e. The van der Waals surface area contributed by atoms with Crippen molar-refractivity contribution in [2.75, 3.05) is 0 Å². The Labute approximate surface area is 140 Å². The molecule has 1 atom stereocenters. The molecule has 25 heavy (non-hydrogen) atoms. The van der Waals surface area contributed by atoms with Gasteiger partial charge in [0.2, 0.25) is 0 Å². The maximum Gasteiger partial charge on any atom is 0.416 e. The molecule has 0 bridgehead atoms. The van der Waals surface area contributed by atoms with E-state index in [1.807, 2.05) is 0 Å². The molecule has 0 saturated carbocycles. The van der Waals surface area contributed by atoms with Crippen molar-refractivity contribution in [3.8, 4) is 5.82 Å². The van der Waals surface area contributed by atoms with E-state index in [4.69, 9.17) is 0 Å². The highest BCUT2D eigenvalue weighted by molar-refractivity contribution is 5.31. The van der Waals surface area contributed by atoms with Crippen LogP contribution in [-0.2, 0) is 6.18 Å². The van der Waals surface area contributed by atoms with Gasteiger partial charge in [0.25, 0.3) is 0 Å². The number of aromatic nitrogens is 5. The Bertz CT molecular complexity index is 904. The van der Waals surface area contributed by atoms with Crippen molar-refractivity contribution < 1.29 is 17.6 Å². The summed E-state index contributed by atoms with van der Waals surface area (Å²) in [5, 5.41) is 4.24. The molecule has 9 heteroatoms. The van der Waals surface area contributed by atoms with E-state index in [1.54, 1.807) is 26.1 Å². The summed E-state index contributed by atoms with van der Waals surface area (Å²) in [5.74, 6) is -0.249. The fourth-order valence-electron chi connectivity index (χ4n) is 2.35. The molecule has 0 aliphatic carbocycles. The molecule has 0 spiro atoms. The van der Waals surface area contributed by atoms with E-state index >= 15 is 0 Å². The highest BCUT2D eigenvalue weighted by atomic mass is 19.4. The first-order chi connectivity index (χ1) is 11.8. The molecular formula is C16H13F4N5. The van der Waals surface area contributed by atoms with Crippen LogP contribution >= 0.6 is 0 Å². The van der Waals surface area contributed by atoms with E-state index < -0.39 is 23.5 Å². The van der Waals surface area contributed by atoms with E-state index in [1.165, 1.54) is 11.0 Å². The molecule has 3 rings (SSSR count). The summed E-state index contributed by atoms with van der Waals surface area (Å²) in [6, 6.07) is 4.07. The van der Waals surface area contributed by atoms with E-state index in [9.17, 15) is 17.6 Å². The highest BCUT2D eigenvalue weighted by Gasteiger charge is 2.31. The smallest absolute Gasteiger partial charge is 0.242 e. The number of nitrogens with zero attached hydrogens (tertiary/aromatic N) is 5. The zero-order valence-corrected chi connectivity index (χ0v) is 13.3. The normalized spacial score (nSPS) is 13.0. The number of aryl methyl sites for hydroxylation is 1. The van der Waals surface area contributed by atoms with Crippen LogP contribution < -0.4 is 0 Å². The van der Waals surface area contributed by atoms with Gasteiger partial charge in [0, 0.05) is 18.2 Å². The van der Waals surface area contributed by atoms with E-state index in [-0.39, 0.29) is 11.4 Å². The Morgan fingerprint density at radius 3 is 2.52 bits per heavy atom. The quantitative estimate of drug-likeness (QED) is 0.676. The summed E-state index contributed by atoms with van der Waals surface area (Å²) in [4.78, 5) is 12.3. The Morgan fingerprint density at radius 1 is 1.12 bits per heavy atom. The van der Waals surface area contributed by atoms with Crippen LogP contribution in [0.5, 0.6) is 0 Å². The number of rotatable bonds is 3. The topological polar surface area (TPSA) is 56.5 Å². The van der Waals surface area contributed by atoms with Crippen LogP contribution in [0.1, 0.15) is 35.6 Å². The standard InChI is InChI=1S/C16H13F4N5/c1-9(12-4-3-11(7-13(12)17)16(18,19)20)15-22-8-25(24-15)14-5-6-21-10(2)23-14/h3-9H,1-2H3/t9-/m1/s1. The van der Waals surface area contributed by atoms with E-state index in [0.717, 1.165) is 12.1 Å². The minimum Gasteiger partial charge on any atom is -0.242 e.